The molecule has 100 valence electrons. The number of hydrogen-bond donors (Lipinski definition) is 1. The van der Waals surface area contributed by atoms with Gasteiger partial charge in [-0.3, -0.25) is 0 Å². The van der Waals surface area contributed by atoms with E-state index in [-0.39, 0.29) is 0 Å². The zero-order valence-corrected chi connectivity index (χ0v) is 11.9. The lowest BCUT2D eigenvalue weighted by molar-refractivity contribution is 0.479. The average Bonchev–Trinajstić information content (AvgIpc) is 2.87. The third kappa shape index (κ3) is 2.61. The second-order valence-electron chi connectivity index (χ2n) is 5.04. The van der Waals surface area contributed by atoms with Gasteiger partial charge < -0.3 is 5.32 Å². The van der Waals surface area contributed by atoms with Crippen molar-refractivity contribution in [3.63, 3.8) is 0 Å². The Morgan fingerprint density at radius 3 is 2.72 bits per heavy atom. The number of nitrogens with zero attached hydrogens (tertiary/aromatic N) is 1. The third-order valence-electron chi connectivity index (χ3n) is 3.46. The Hall–Kier alpha value is -0.430. The molecule has 1 aliphatic heterocycles. The smallest absolute Gasteiger partial charge is 0.252 e. The summed E-state index contributed by atoms with van der Waals surface area (Å²) in [6.45, 7) is 2.14. The van der Waals surface area contributed by atoms with Crippen molar-refractivity contribution >= 4 is 21.4 Å². The lowest BCUT2D eigenvalue weighted by atomic mass is 10.3. The SMILES string of the molecule is O=S(=O)(c1cc(CNC2CC2)cs1)N1CCCC1. The second kappa shape index (κ2) is 4.92. The normalized spacial score (nSPS) is 21.6. The van der Waals surface area contributed by atoms with E-state index < -0.39 is 10.0 Å². The molecule has 4 nitrogen and oxygen atoms in total. The van der Waals surface area contributed by atoms with Crippen molar-refractivity contribution in [2.45, 2.75) is 42.5 Å². The Kier molecular flexibility index (Phi) is 3.44. The molecule has 2 aliphatic rings. The highest BCUT2D eigenvalue weighted by molar-refractivity contribution is 7.91. The van der Waals surface area contributed by atoms with Gasteiger partial charge in [0.15, 0.2) is 0 Å². The molecule has 18 heavy (non-hydrogen) atoms. The van der Waals surface area contributed by atoms with Gasteiger partial charge in [0.05, 0.1) is 0 Å². The maximum absolute atomic E-state index is 12.3. The highest BCUT2D eigenvalue weighted by Gasteiger charge is 2.28. The molecule has 1 aromatic rings. The molecule has 2 fully saturated rings. The number of nitrogens with one attached hydrogen (secondary N) is 1. The molecule has 2 heterocycles. The van der Waals surface area contributed by atoms with E-state index in [4.69, 9.17) is 0 Å². The van der Waals surface area contributed by atoms with Crippen LogP contribution in [0.15, 0.2) is 15.7 Å². The van der Waals surface area contributed by atoms with Crippen LogP contribution >= 0.6 is 11.3 Å². The quantitative estimate of drug-likeness (QED) is 0.897. The van der Waals surface area contributed by atoms with E-state index in [0.717, 1.165) is 24.9 Å². The zero-order valence-electron chi connectivity index (χ0n) is 10.3. The average molecular weight is 286 g/mol. The lowest BCUT2D eigenvalue weighted by Crippen LogP contribution is -2.27. The molecular weight excluding hydrogens is 268 g/mol. The van der Waals surface area contributed by atoms with Gasteiger partial charge in [-0.15, -0.1) is 11.3 Å². The van der Waals surface area contributed by atoms with E-state index in [9.17, 15) is 8.42 Å². The monoisotopic (exact) mass is 286 g/mol. The molecule has 1 N–H and O–H groups in total. The summed E-state index contributed by atoms with van der Waals surface area (Å²) >= 11 is 1.35. The van der Waals surface area contributed by atoms with Crippen molar-refractivity contribution in [1.82, 2.24) is 9.62 Å². The molecular formula is C12H18N2O2S2. The standard InChI is InChI=1S/C12H18N2O2S2/c15-18(16,14-5-1-2-6-14)12-7-10(9-17-12)8-13-11-3-4-11/h7,9,11,13H,1-6,8H2. The molecule has 0 bridgehead atoms. The van der Waals surface area contributed by atoms with Gasteiger partial charge >= 0.3 is 0 Å². The van der Waals surface area contributed by atoms with Gasteiger partial charge in [0.25, 0.3) is 10.0 Å². The van der Waals surface area contributed by atoms with E-state index in [1.165, 1.54) is 24.2 Å². The molecule has 1 aliphatic carbocycles. The fourth-order valence-electron chi connectivity index (χ4n) is 2.19. The molecule has 0 unspecified atom stereocenters. The molecule has 0 spiro atoms. The van der Waals surface area contributed by atoms with Gasteiger partial charge in [0.2, 0.25) is 0 Å². The number of sulfonamides is 1. The van der Waals surface area contributed by atoms with Crippen LogP contribution in [0.5, 0.6) is 0 Å². The summed E-state index contributed by atoms with van der Waals surface area (Å²) in [4.78, 5) is 0. The van der Waals surface area contributed by atoms with Crippen molar-refractivity contribution in [3.05, 3.63) is 17.0 Å². The Morgan fingerprint density at radius 1 is 1.33 bits per heavy atom. The maximum Gasteiger partial charge on any atom is 0.252 e. The van der Waals surface area contributed by atoms with Crippen LogP contribution in [0, 0.1) is 0 Å². The number of hydrogen-bond acceptors (Lipinski definition) is 4. The third-order valence-corrected chi connectivity index (χ3v) is 6.82. The van der Waals surface area contributed by atoms with Crippen LogP contribution < -0.4 is 5.32 Å². The first-order valence-electron chi connectivity index (χ1n) is 6.47. The fourth-order valence-corrected chi connectivity index (χ4v) is 5.07. The minimum Gasteiger partial charge on any atom is -0.310 e. The van der Waals surface area contributed by atoms with Crippen LogP contribution in [0.2, 0.25) is 0 Å². The van der Waals surface area contributed by atoms with Gasteiger partial charge in [0, 0.05) is 25.7 Å². The summed E-state index contributed by atoms with van der Waals surface area (Å²) < 4.78 is 26.7. The first kappa shape index (κ1) is 12.6. The van der Waals surface area contributed by atoms with Gasteiger partial charge in [-0.05, 0) is 42.7 Å². The van der Waals surface area contributed by atoms with Crippen LogP contribution in [0.4, 0.5) is 0 Å². The van der Waals surface area contributed by atoms with Crippen molar-refractivity contribution in [1.29, 1.82) is 0 Å². The number of thiophene rings is 1. The van der Waals surface area contributed by atoms with E-state index in [1.54, 1.807) is 4.31 Å². The fraction of sp³-hybridized carbons (Fsp3) is 0.667. The summed E-state index contributed by atoms with van der Waals surface area (Å²) in [5.41, 5.74) is 1.09. The molecule has 3 rings (SSSR count). The Bertz CT molecular complexity index is 514. The van der Waals surface area contributed by atoms with E-state index >= 15 is 0 Å². The molecule has 1 saturated carbocycles. The Morgan fingerprint density at radius 2 is 2.06 bits per heavy atom. The molecule has 0 aromatic carbocycles. The van der Waals surface area contributed by atoms with Crippen LogP contribution in [0.3, 0.4) is 0 Å². The van der Waals surface area contributed by atoms with E-state index in [0.29, 0.717) is 23.3 Å². The van der Waals surface area contributed by atoms with Crippen molar-refractivity contribution in [2.75, 3.05) is 13.1 Å². The van der Waals surface area contributed by atoms with Crippen LogP contribution in [0.25, 0.3) is 0 Å². The van der Waals surface area contributed by atoms with E-state index in [1.807, 2.05) is 11.4 Å². The predicted octanol–water partition coefficient (Wildman–Crippen LogP) is 1.78. The van der Waals surface area contributed by atoms with Gasteiger partial charge in [-0.2, -0.15) is 4.31 Å². The summed E-state index contributed by atoms with van der Waals surface area (Å²) in [6.07, 6.45) is 4.48. The highest BCUT2D eigenvalue weighted by Crippen LogP contribution is 2.27. The zero-order chi connectivity index (χ0) is 12.6. The first-order valence-corrected chi connectivity index (χ1v) is 8.79. The minimum atomic E-state index is -3.22. The van der Waals surface area contributed by atoms with Gasteiger partial charge in [-0.1, -0.05) is 0 Å². The summed E-state index contributed by atoms with van der Waals surface area (Å²) in [7, 11) is -3.22. The van der Waals surface area contributed by atoms with E-state index in [2.05, 4.69) is 5.32 Å². The summed E-state index contributed by atoms with van der Waals surface area (Å²) in [5.74, 6) is 0. The van der Waals surface area contributed by atoms with Crippen LogP contribution in [-0.2, 0) is 16.6 Å². The molecule has 1 aromatic heterocycles. The van der Waals surface area contributed by atoms with Crippen LogP contribution in [0.1, 0.15) is 31.2 Å². The van der Waals surface area contributed by atoms with Crippen molar-refractivity contribution in [2.24, 2.45) is 0 Å². The predicted molar refractivity (Wildman–Crippen MR) is 72.2 cm³/mol. The van der Waals surface area contributed by atoms with Gasteiger partial charge in [0.1, 0.15) is 4.21 Å². The van der Waals surface area contributed by atoms with Gasteiger partial charge in [-0.25, -0.2) is 8.42 Å². The summed E-state index contributed by atoms with van der Waals surface area (Å²) in [6, 6.07) is 2.48. The maximum atomic E-state index is 12.3. The molecule has 1 saturated heterocycles. The van der Waals surface area contributed by atoms with Crippen molar-refractivity contribution in [3.8, 4) is 0 Å². The minimum absolute atomic E-state index is 0.497. The summed E-state index contributed by atoms with van der Waals surface area (Å²) in [5, 5.41) is 5.36. The largest absolute Gasteiger partial charge is 0.310 e. The molecule has 6 heteroatoms. The van der Waals surface area contributed by atoms with Crippen LogP contribution in [-0.4, -0.2) is 31.9 Å². The Balaban J connectivity index is 1.70. The Labute approximate surface area is 112 Å². The second-order valence-corrected chi connectivity index (χ2v) is 8.12. The highest BCUT2D eigenvalue weighted by atomic mass is 32.2. The molecule has 0 radical (unpaired) electrons. The number of rotatable bonds is 5. The molecule has 0 atom stereocenters. The topological polar surface area (TPSA) is 49.4 Å². The lowest BCUT2D eigenvalue weighted by Gasteiger charge is -2.13. The molecule has 0 amide bonds. The first-order chi connectivity index (χ1) is 8.66. The van der Waals surface area contributed by atoms with Crippen molar-refractivity contribution < 1.29 is 8.42 Å².